The smallest absolute Gasteiger partial charge is 0.244 e. The van der Waals surface area contributed by atoms with Crippen molar-refractivity contribution in [2.24, 2.45) is 7.05 Å². The van der Waals surface area contributed by atoms with Crippen LogP contribution in [0.2, 0.25) is 0 Å². The predicted molar refractivity (Wildman–Crippen MR) is 99.4 cm³/mol. The van der Waals surface area contributed by atoms with Crippen molar-refractivity contribution >= 4 is 22.5 Å². The summed E-state index contributed by atoms with van der Waals surface area (Å²) in [7, 11) is 2.05. The first-order chi connectivity index (χ1) is 12.6. The molecule has 2 aliphatic rings. The molecule has 2 aliphatic heterocycles. The molecular weight excluding hydrogens is 329 g/mol. The van der Waals surface area contributed by atoms with Gasteiger partial charge in [-0.25, -0.2) is 4.39 Å². The van der Waals surface area contributed by atoms with Crippen molar-refractivity contribution in [3.8, 4) is 0 Å². The second-order valence-electron chi connectivity index (χ2n) is 7.28. The number of aromatic nitrogens is 1. The molecular formula is C21H20FN3O. The largest absolute Gasteiger partial charge is 0.350 e. The van der Waals surface area contributed by atoms with E-state index < -0.39 is 0 Å². The maximum Gasteiger partial charge on any atom is 0.244 e. The highest BCUT2D eigenvalue weighted by molar-refractivity contribution is 6.01. The van der Waals surface area contributed by atoms with Gasteiger partial charge in [0.1, 0.15) is 5.82 Å². The number of hydrogen-bond donors (Lipinski definition) is 0. The van der Waals surface area contributed by atoms with E-state index in [1.807, 2.05) is 19.2 Å². The molecule has 0 spiro atoms. The van der Waals surface area contributed by atoms with Crippen LogP contribution in [0.4, 0.5) is 10.1 Å². The Morgan fingerprint density at radius 3 is 2.69 bits per heavy atom. The fraction of sp³-hybridized carbons (Fsp3) is 0.286. The van der Waals surface area contributed by atoms with Crippen LogP contribution in [0, 0.1) is 5.82 Å². The number of carbonyl (C=O) groups is 1. The molecule has 2 aromatic carbocycles. The summed E-state index contributed by atoms with van der Waals surface area (Å²) in [6, 6.07) is 14.8. The molecule has 5 rings (SSSR count). The fourth-order valence-corrected chi connectivity index (χ4v) is 4.57. The third-order valence-corrected chi connectivity index (χ3v) is 5.73. The molecule has 0 unspecified atom stereocenters. The topological polar surface area (TPSA) is 28.5 Å². The molecule has 2 bridgehead atoms. The fourth-order valence-electron chi connectivity index (χ4n) is 4.57. The number of anilines is 1. The lowest BCUT2D eigenvalue weighted by Crippen LogP contribution is -2.50. The molecule has 2 saturated heterocycles. The van der Waals surface area contributed by atoms with E-state index in [1.54, 1.807) is 23.1 Å². The summed E-state index contributed by atoms with van der Waals surface area (Å²) in [6.07, 6.45) is 2.92. The van der Waals surface area contributed by atoms with Crippen LogP contribution in [0.25, 0.3) is 10.9 Å². The number of halogens is 1. The van der Waals surface area contributed by atoms with Gasteiger partial charge in [-0.05, 0) is 30.2 Å². The van der Waals surface area contributed by atoms with Crippen molar-refractivity contribution in [3.05, 3.63) is 66.1 Å². The Hall–Kier alpha value is -2.66. The lowest BCUT2D eigenvalue weighted by atomic mass is 10.1. The number of likely N-dealkylation sites (tertiary alicyclic amines) is 1. The number of piperazine rings is 1. The number of rotatable bonds is 3. The van der Waals surface area contributed by atoms with E-state index in [1.165, 1.54) is 22.5 Å². The standard InChI is InChI=1S/C21H20FN3O/c1-23-11-14(16-6-2-4-8-18(16)23)12-24-13-15-10-20(24)21(26)25(15)19-9-5-3-7-17(19)22/h2-9,11,15,20H,10,12-13H2,1H3/t15-,20-/m0/s1. The average molecular weight is 349 g/mol. The number of benzene rings is 2. The van der Waals surface area contributed by atoms with Crippen LogP contribution in [0.15, 0.2) is 54.7 Å². The molecule has 2 fully saturated rings. The van der Waals surface area contributed by atoms with E-state index in [0.717, 1.165) is 19.5 Å². The molecule has 0 saturated carbocycles. The van der Waals surface area contributed by atoms with E-state index >= 15 is 0 Å². The van der Waals surface area contributed by atoms with Gasteiger partial charge in [-0.15, -0.1) is 0 Å². The summed E-state index contributed by atoms with van der Waals surface area (Å²) in [5, 5.41) is 1.23. The van der Waals surface area contributed by atoms with Crippen LogP contribution in [0.3, 0.4) is 0 Å². The van der Waals surface area contributed by atoms with Gasteiger partial charge in [-0.2, -0.15) is 0 Å². The second-order valence-corrected chi connectivity index (χ2v) is 7.28. The van der Waals surface area contributed by atoms with E-state index in [4.69, 9.17) is 0 Å². The van der Waals surface area contributed by atoms with Gasteiger partial charge in [0.05, 0.1) is 17.8 Å². The molecule has 0 N–H and O–H groups in total. The predicted octanol–water partition coefficient (Wildman–Crippen LogP) is 3.31. The quantitative estimate of drug-likeness (QED) is 0.726. The molecule has 132 valence electrons. The zero-order valence-electron chi connectivity index (χ0n) is 14.6. The highest BCUT2D eigenvalue weighted by atomic mass is 19.1. The number of carbonyl (C=O) groups excluding carboxylic acids is 1. The van der Waals surface area contributed by atoms with Crippen LogP contribution in [0.5, 0.6) is 0 Å². The lowest BCUT2D eigenvalue weighted by Gasteiger charge is -2.33. The number of nitrogens with zero attached hydrogens (tertiary/aromatic N) is 3. The summed E-state index contributed by atoms with van der Waals surface area (Å²) < 4.78 is 16.3. The molecule has 26 heavy (non-hydrogen) atoms. The second kappa shape index (κ2) is 5.68. The van der Waals surface area contributed by atoms with Gasteiger partial charge < -0.3 is 9.47 Å². The van der Waals surface area contributed by atoms with Gasteiger partial charge in [0.15, 0.2) is 0 Å². The summed E-state index contributed by atoms with van der Waals surface area (Å²) in [6.45, 7) is 1.54. The monoisotopic (exact) mass is 349 g/mol. The van der Waals surface area contributed by atoms with Crippen molar-refractivity contribution in [2.45, 2.75) is 25.0 Å². The lowest BCUT2D eigenvalue weighted by molar-refractivity contribution is -0.122. The van der Waals surface area contributed by atoms with E-state index in [9.17, 15) is 9.18 Å². The molecule has 0 radical (unpaired) electrons. The van der Waals surface area contributed by atoms with Gasteiger partial charge in [0.25, 0.3) is 0 Å². The molecule has 0 aliphatic carbocycles. The SMILES string of the molecule is Cn1cc(CN2C[C@@H]3C[C@H]2C(=O)N3c2ccccc2F)c2ccccc21. The Balaban J connectivity index is 1.41. The molecule has 3 heterocycles. The third-order valence-electron chi connectivity index (χ3n) is 5.73. The van der Waals surface area contributed by atoms with Crippen molar-refractivity contribution in [3.63, 3.8) is 0 Å². The zero-order valence-corrected chi connectivity index (χ0v) is 14.6. The first kappa shape index (κ1) is 15.6. The van der Waals surface area contributed by atoms with Crippen LogP contribution >= 0.6 is 0 Å². The normalized spacial score (nSPS) is 22.7. The Morgan fingerprint density at radius 2 is 1.88 bits per heavy atom. The van der Waals surface area contributed by atoms with Crippen molar-refractivity contribution in [1.82, 2.24) is 9.47 Å². The van der Waals surface area contributed by atoms with Gasteiger partial charge in [-0.3, -0.25) is 9.69 Å². The van der Waals surface area contributed by atoms with Gasteiger partial charge in [0, 0.05) is 37.2 Å². The van der Waals surface area contributed by atoms with Crippen molar-refractivity contribution in [2.75, 3.05) is 11.4 Å². The first-order valence-corrected chi connectivity index (χ1v) is 8.98. The van der Waals surface area contributed by atoms with Gasteiger partial charge in [-0.1, -0.05) is 30.3 Å². The molecule has 3 aromatic rings. The Labute approximate surface area is 151 Å². The number of para-hydroxylation sites is 2. The first-order valence-electron chi connectivity index (χ1n) is 8.98. The number of fused-ring (bicyclic) bond motifs is 3. The summed E-state index contributed by atoms with van der Waals surface area (Å²) in [5.41, 5.74) is 2.85. The maximum atomic E-state index is 14.2. The van der Waals surface area contributed by atoms with Crippen molar-refractivity contribution < 1.29 is 9.18 Å². The highest BCUT2D eigenvalue weighted by Gasteiger charge is 2.50. The average Bonchev–Trinajstić information content (AvgIpc) is 3.28. The van der Waals surface area contributed by atoms with Crippen LogP contribution < -0.4 is 4.90 Å². The molecule has 5 heteroatoms. The maximum absolute atomic E-state index is 14.2. The zero-order chi connectivity index (χ0) is 17.8. The van der Waals surface area contributed by atoms with E-state index in [0.29, 0.717) is 5.69 Å². The Kier molecular flexibility index (Phi) is 3.40. The third kappa shape index (κ3) is 2.20. The number of amides is 1. The minimum Gasteiger partial charge on any atom is -0.350 e. The van der Waals surface area contributed by atoms with Crippen molar-refractivity contribution in [1.29, 1.82) is 0 Å². The van der Waals surface area contributed by atoms with Crippen LogP contribution in [-0.4, -0.2) is 34.0 Å². The molecule has 2 atom stereocenters. The minimum absolute atomic E-state index is 0.0200. The van der Waals surface area contributed by atoms with E-state index in [-0.39, 0.29) is 23.8 Å². The summed E-state index contributed by atoms with van der Waals surface area (Å²) in [4.78, 5) is 16.8. The number of aryl methyl sites for hydroxylation is 1. The van der Waals surface area contributed by atoms with E-state index in [2.05, 4.69) is 27.8 Å². The van der Waals surface area contributed by atoms with Crippen LogP contribution in [0.1, 0.15) is 12.0 Å². The minimum atomic E-state index is -0.325. The summed E-state index contributed by atoms with van der Waals surface area (Å²) in [5.74, 6) is -0.305. The Bertz CT molecular complexity index is 1010. The van der Waals surface area contributed by atoms with Crippen LogP contribution in [-0.2, 0) is 18.4 Å². The summed E-state index contributed by atoms with van der Waals surface area (Å²) >= 11 is 0. The van der Waals surface area contributed by atoms with Gasteiger partial charge >= 0.3 is 0 Å². The highest BCUT2D eigenvalue weighted by Crippen LogP contribution is 2.38. The molecule has 4 nitrogen and oxygen atoms in total. The molecule has 1 amide bonds. The van der Waals surface area contributed by atoms with Gasteiger partial charge in [0.2, 0.25) is 5.91 Å². The number of hydrogen-bond acceptors (Lipinski definition) is 2. The Morgan fingerprint density at radius 1 is 1.12 bits per heavy atom. The molecule has 1 aromatic heterocycles.